The predicted molar refractivity (Wildman–Crippen MR) is 72.4 cm³/mol. The van der Waals surface area contributed by atoms with E-state index in [9.17, 15) is 4.79 Å². The molecular formula is C12H14BrN3O3. The fourth-order valence-electron chi connectivity index (χ4n) is 1.52. The Balaban J connectivity index is 2.28. The number of halogens is 1. The minimum Gasteiger partial charge on any atom is -0.495 e. The van der Waals surface area contributed by atoms with E-state index >= 15 is 0 Å². The van der Waals surface area contributed by atoms with Gasteiger partial charge in [-0.1, -0.05) is 13.8 Å². The Morgan fingerprint density at radius 2 is 2.21 bits per heavy atom. The minimum absolute atomic E-state index is 0.167. The lowest BCUT2D eigenvalue weighted by Gasteiger charge is -2.06. The van der Waals surface area contributed by atoms with Crippen molar-refractivity contribution in [2.24, 2.45) is 0 Å². The van der Waals surface area contributed by atoms with Gasteiger partial charge in [0.1, 0.15) is 12.3 Å². The molecule has 0 N–H and O–H groups in total. The van der Waals surface area contributed by atoms with Crippen molar-refractivity contribution in [1.29, 1.82) is 0 Å². The molecule has 0 spiro atoms. The largest absolute Gasteiger partial charge is 0.495 e. The monoisotopic (exact) mass is 327 g/mol. The first-order valence-corrected chi connectivity index (χ1v) is 6.56. The van der Waals surface area contributed by atoms with Gasteiger partial charge in [0, 0.05) is 18.2 Å². The summed E-state index contributed by atoms with van der Waals surface area (Å²) in [6.07, 6.45) is 1.64. The molecule has 2 rings (SSSR count). The predicted octanol–water partition coefficient (Wildman–Crippen LogP) is 2.17. The van der Waals surface area contributed by atoms with E-state index in [1.807, 2.05) is 13.8 Å². The van der Waals surface area contributed by atoms with Crippen LogP contribution in [0.5, 0.6) is 5.75 Å². The second-order valence-corrected chi connectivity index (χ2v) is 5.20. The molecule has 7 heteroatoms. The highest BCUT2D eigenvalue weighted by atomic mass is 79.9. The van der Waals surface area contributed by atoms with Crippen LogP contribution in [0.15, 0.2) is 25.9 Å². The number of hydrogen-bond donors (Lipinski definition) is 0. The van der Waals surface area contributed by atoms with Gasteiger partial charge in [0.15, 0.2) is 0 Å². The van der Waals surface area contributed by atoms with Gasteiger partial charge in [-0.25, -0.2) is 0 Å². The molecule has 0 amide bonds. The van der Waals surface area contributed by atoms with E-state index in [0.717, 1.165) is 0 Å². The fourth-order valence-corrected chi connectivity index (χ4v) is 2.04. The summed E-state index contributed by atoms with van der Waals surface area (Å²) in [5.74, 6) is 1.63. The van der Waals surface area contributed by atoms with E-state index < -0.39 is 0 Å². The topological polar surface area (TPSA) is 70.2 Å². The Labute approximate surface area is 118 Å². The summed E-state index contributed by atoms with van der Waals surface area (Å²) < 4.78 is 12.7. The van der Waals surface area contributed by atoms with E-state index in [2.05, 4.69) is 26.1 Å². The third-order valence-electron chi connectivity index (χ3n) is 2.54. The standard InChI is InChI=1S/C12H14BrN3O3/c1-7(2)12-15-14-10(19-12)6-16-5-8(13)9(18-3)4-11(16)17/h4-5,7H,6H2,1-3H3. The van der Waals surface area contributed by atoms with Gasteiger partial charge in [0.25, 0.3) is 5.56 Å². The quantitative estimate of drug-likeness (QED) is 0.860. The highest BCUT2D eigenvalue weighted by molar-refractivity contribution is 9.10. The molecule has 0 aromatic carbocycles. The Kier molecular flexibility index (Phi) is 4.04. The zero-order valence-electron chi connectivity index (χ0n) is 10.9. The van der Waals surface area contributed by atoms with Crippen molar-refractivity contribution in [3.63, 3.8) is 0 Å². The average molecular weight is 328 g/mol. The smallest absolute Gasteiger partial charge is 0.254 e. The third-order valence-corrected chi connectivity index (χ3v) is 3.14. The molecule has 0 aliphatic rings. The van der Waals surface area contributed by atoms with Gasteiger partial charge < -0.3 is 13.7 Å². The summed E-state index contributed by atoms with van der Waals surface area (Å²) in [6, 6.07) is 1.41. The molecule has 2 heterocycles. The molecule has 2 aromatic heterocycles. The molecule has 2 aromatic rings. The van der Waals surface area contributed by atoms with Crippen molar-refractivity contribution >= 4 is 15.9 Å². The number of pyridine rings is 1. The van der Waals surface area contributed by atoms with Crippen molar-refractivity contribution in [3.8, 4) is 5.75 Å². The lowest BCUT2D eigenvalue weighted by Crippen LogP contribution is -2.19. The zero-order chi connectivity index (χ0) is 14.0. The van der Waals surface area contributed by atoms with Crippen LogP contribution in [0.25, 0.3) is 0 Å². The molecule has 0 saturated carbocycles. The van der Waals surface area contributed by atoms with Crippen molar-refractivity contribution in [2.45, 2.75) is 26.3 Å². The minimum atomic E-state index is -0.190. The number of ether oxygens (including phenoxy) is 1. The summed E-state index contributed by atoms with van der Waals surface area (Å²) in [4.78, 5) is 11.9. The maximum Gasteiger partial charge on any atom is 0.254 e. The van der Waals surface area contributed by atoms with Gasteiger partial charge >= 0.3 is 0 Å². The third kappa shape index (κ3) is 3.04. The van der Waals surface area contributed by atoms with Gasteiger partial charge in [-0.15, -0.1) is 10.2 Å². The van der Waals surface area contributed by atoms with E-state index in [-0.39, 0.29) is 18.0 Å². The van der Waals surface area contributed by atoms with E-state index in [4.69, 9.17) is 9.15 Å². The SMILES string of the molecule is COc1cc(=O)n(Cc2nnc(C(C)C)o2)cc1Br. The summed E-state index contributed by atoms with van der Waals surface area (Å²) >= 11 is 3.33. The summed E-state index contributed by atoms with van der Waals surface area (Å²) in [7, 11) is 1.51. The van der Waals surface area contributed by atoms with Crippen LogP contribution in [0, 0.1) is 0 Å². The Bertz CT molecular complexity index is 633. The Morgan fingerprint density at radius 3 is 2.79 bits per heavy atom. The van der Waals surface area contributed by atoms with Crippen LogP contribution in [0.3, 0.4) is 0 Å². The molecule has 0 bridgehead atoms. The van der Waals surface area contributed by atoms with Crippen molar-refractivity contribution in [3.05, 3.63) is 38.9 Å². The molecule has 0 fully saturated rings. The van der Waals surface area contributed by atoms with Gasteiger partial charge in [0.05, 0.1) is 11.6 Å². The molecule has 19 heavy (non-hydrogen) atoms. The first kappa shape index (κ1) is 13.8. The van der Waals surface area contributed by atoms with Crippen LogP contribution in [0.2, 0.25) is 0 Å². The molecule has 0 unspecified atom stereocenters. The molecule has 102 valence electrons. The van der Waals surface area contributed by atoms with Gasteiger partial charge in [-0.3, -0.25) is 4.79 Å². The molecular weight excluding hydrogens is 314 g/mol. The van der Waals surface area contributed by atoms with Crippen molar-refractivity contribution in [2.75, 3.05) is 7.11 Å². The maximum atomic E-state index is 11.9. The summed E-state index contributed by atoms with van der Waals surface area (Å²) in [5, 5.41) is 7.85. The highest BCUT2D eigenvalue weighted by Gasteiger charge is 2.12. The van der Waals surface area contributed by atoms with E-state index in [1.54, 1.807) is 6.20 Å². The van der Waals surface area contributed by atoms with Crippen LogP contribution in [-0.4, -0.2) is 21.9 Å². The van der Waals surface area contributed by atoms with Gasteiger partial charge in [-0.2, -0.15) is 0 Å². The molecule has 0 aliphatic heterocycles. The molecule has 0 saturated heterocycles. The van der Waals surface area contributed by atoms with E-state index in [1.165, 1.54) is 17.7 Å². The van der Waals surface area contributed by atoms with Crippen molar-refractivity contribution < 1.29 is 9.15 Å². The van der Waals surface area contributed by atoms with Crippen LogP contribution < -0.4 is 10.3 Å². The Hall–Kier alpha value is -1.63. The lowest BCUT2D eigenvalue weighted by atomic mass is 10.2. The van der Waals surface area contributed by atoms with Gasteiger partial charge in [0.2, 0.25) is 11.8 Å². The van der Waals surface area contributed by atoms with Crippen LogP contribution >= 0.6 is 15.9 Å². The molecule has 0 aliphatic carbocycles. The first-order chi connectivity index (χ1) is 9.01. The van der Waals surface area contributed by atoms with Crippen LogP contribution in [0.1, 0.15) is 31.5 Å². The van der Waals surface area contributed by atoms with Crippen LogP contribution in [0.4, 0.5) is 0 Å². The van der Waals surface area contributed by atoms with Crippen molar-refractivity contribution in [1.82, 2.24) is 14.8 Å². The second-order valence-electron chi connectivity index (χ2n) is 4.34. The maximum absolute atomic E-state index is 11.9. The number of rotatable bonds is 4. The zero-order valence-corrected chi connectivity index (χ0v) is 12.5. The summed E-state index contributed by atoms with van der Waals surface area (Å²) in [6.45, 7) is 4.17. The second kappa shape index (κ2) is 5.56. The van der Waals surface area contributed by atoms with E-state index in [0.29, 0.717) is 22.0 Å². The van der Waals surface area contributed by atoms with Gasteiger partial charge in [-0.05, 0) is 15.9 Å². The normalized spacial score (nSPS) is 11.0. The summed E-state index contributed by atoms with van der Waals surface area (Å²) in [5.41, 5.74) is -0.190. The molecule has 0 radical (unpaired) electrons. The Morgan fingerprint density at radius 1 is 1.47 bits per heavy atom. The molecule has 6 nitrogen and oxygen atoms in total. The number of aromatic nitrogens is 3. The lowest BCUT2D eigenvalue weighted by molar-refractivity contribution is 0.404. The number of nitrogens with zero attached hydrogens (tertiary/aromatic N) is 3. The van der Waals surface area contributed by atoms with Crippen LogP contribution in [-0.2, 0) is 6.54 Å². The average Bonchev–Trinajstić information content (AvgIpc) is 2.82. The number of hydrogen-bond acceptors (Lipinski definition) is 5. The number of methoxy groups -OCH3 is 1. The highest BCUT2D eigenvalue weighted by Crippen LogP contribution is 2.21. The molecule has 0 atom stereocenters. The first-order valence-electron chi connectivity index (χ1n) is 5.77. The fraction of sp³-hybridized carbons (Fsp3) is 0.417.